The van der Waals surface area contributed by atoms with E-state index in [4.69, 9.17) is 10.5 Å². The van der Waals surface area contributed by atoms with Gasteiger partial charge in [-0.2, -0.15) is 0 Å². The maximum Gasteiger partial charge on any atom is 0.119 e. The van der Waals surface area contributed by atoms with Crippen LogP contribution in [0.3, 0.4) is 0 Å². The van der Waals surface area contributed by atoms with Crippen molar-refractivity contribution in [2.45, 2.75) is 39.0 Å². The molecule has 3 heteroatoms. The number of nitrogens with zero attached hydrogens (tertiary/aromatic N) is 1. The maximum absolute atomic E-state index is 6.23. The molecule has 3 nitrogen and oxygen atoms in total. The summed E-state index contributed by atoms with van der Waals surface area (Å²) in [4.78, 5) is 2.03. The second kappa shape index (κ2) is 5.52. The van der Waals surface area contributed by atoms with Crippen LogP contribution in [-0.4, -0.2) is 30.8 Å². The Kier molecular flexibility index (Phi) is 4.54. The van der Waals surface area contributed by atoms with E-state index in [-0.39, 0.29) is 11.8 Å². The molecule has 0 amide bonds. The number of nitrogens with two attached hydrogens (primary N) is 1. The first-order valence-corrected chi connectivity index (χ1v) is 6.03. The van der Waals surface area contributed by atoms with E-state index in [1.807, 2.05) is 51.9 Å². The third kappa shape index (κ3) is 4.36. The van der Waals surface area contributed by atoms with Gasteiger partial charge in [0, 0.05) is 6.42 Å². The van der Waals surface area contributed by atoms with Crippen LogP contribution in [0.2, 0.25) is 0 Å². The monoisotopic (exact) mass is 236 g/mol. The minimum absolute atomic E-state index is 0.198. The Balaban J connectivity index is 2.78. The van der Waals surface area contributed by atoms with Crippen molar-refractivity contribution in [2.24, 2.45) is 5.73 Å². The van der Waals surface area contributed by atoms with Crippen LogP contribution in [0.4, 0.5) is 0 Å². The van der Waals surface area contributed by atoms with Crippen LogP contribution in [0, 0.1) is 0 Å². The molecule has 0 heterocycles. The molecule has 0 saturated heterocycles. The Morgan fingerprint density at radius 2 is 2.00 bits per heavy atom. The minimum Gasteiger partial charge on any atom is -0.491 e. The average Bonchev–Trinajstić information content (AvgIpc) is 2.15. The van der Waals surface area contributed by atoms with Gasteiger partial charge in [0.1, 0.15) is 5.75 Å². The molecule has 0 fully saturated rings. The Hall–Kier alpha value is -1.06. The van der Waals surface area contributed by atoms with Crippen molar-refractivity contribution in [3.63, 3.8) is 0 Å². The molecule has 0 aliphatic rings. The predicted octanol–water partition coefficient (Wildman–Crippen LogP) is 2.25. The van der Waals surface area contributed by atoms with Gasteiger partial charge in [0.25, 0.3) is 0 Å². The number of ether oxygens (including phenoxy) is 1. The van der Waals surface area contributed by atoms with E-state index in [1.165, 1.54) is 5.56 Å². The molecule has 2 N–H and O–H groups in total. The van der Waals surface area contributed by atoms with Gasteiger partial charge in [-0.15, -0.1) is 0 Å². The molecule has 0 saturated carbocycles. The van der Waals surface area contributed by atoms with Crippen LogP contribution >= 0.6 is 0 Å². The van der Waals surface area contributed by atoms with Crippen molar-refractivity contribution >= 4 is 0 Å². The highest BCUT2D eigenvalue weighted by molar-refractivity contribution is 5.29. The van der Waals surface area contributed by atoms with Gasteiger partial charge in [0.05, 0.1) is 11.8 Å². The smallest absolute Gasteiger partial charge is 0.119 e. The van der Waals surface area contributed by atoms with Crippen molar-refractivity contribution in [1.29, 1.82) is 0 Å². The Morgan fingerprint density at radius 1 is 1.35 bits per heavy atom. The van der Waals surface area contributed by atoms with E-state index in [9.17, 15) is 0 Å². The summed E-state index contributed by atoms with van der Waals surface area (Å²) in [5.41, 5.74) is 7.09. The van der Waals surface area contributed by atoms with Crippen LogP contribution in [0.1, 0.15) is 26.3 Å². The second-order valence-corrected chi connectivity index (χ2v) is 5.24. The molecule has 1 rings (SSSR count). The van der Waals surface area contributed by atoms with E-state index in [1.54, 1.807) is 0 Å². The van der Waals surface area contributed by atoms with Crippen molar-refractivity contribution in [1.82, 2.24) is 4.90 Å². The van der Waals surface area contributed by atoms with Gasteiger partial charge >= 0.3 is 0 Å². The van der Waals surface area contributed by atoms with E-state index < -0.39 is 0 Å². The average molecular weight is 236 g/mol. The Bertz CT molecular complexity index is 359. The van der Waals surface area contributed by atoms with Crippen LogP contribution in [0.5, 0.6) is 5.75 Å². The summed E-state index contributed by atoms with van der Waals surface area (Å²) in [5, 5.41) is 0. The molecule has 0 aliphatic carbocycles. The van der Waals surface area contributed by atoms with E-state index >= 15 is 0 Å². The molecule has 0 radical (unpaired) electrons. The van der Waals surface area contributed by atoms with E-state index in [0.29, 0.717) is 0 Å². The number of hydrogen-bond donors (Lipinski definition) is 1. The van der Waals surface area contributed by atoms with Gasteiger partial charge in [0.15, 0.2) is 0 Å². The van der Waals surface area contributed by atoms with Crippen molar-refractivity contribution in [2.75, 3.05) is 14.1 Å². The lowest BCUT2D eigenvalue weighted by molar-refractivity contribution is 0.180. The fourth-order valence-electron chi connectivity index (χ4n) is 1.57. The Morgan fingerprint density at radius 3 is 2.53 bits per heavy atom. The topological polar surface area (TPSA) is 38.5 Å². The van der Waals surface area contributed by atoms with Crippen LogP contribution < -0.4 is 10.5 Å². The number of likely N-dealkylation sites (N-methyl/N-ethyl adjacent to an activating group) is 1. The number of hydrogen-bond acceptors (Lipinski definition) is 3. The standard InChI is InChI=1S/C14H24N2O/c1-11(2)17-13-8-6-7-12(9-13)10-14(3,15)16(4)5/h6-9,11H,10,15H2,1-5H3. The van der Waals surface area contributed by atoms with Crippen LogP contribution in [0.15, 0.2) is 24.3 Å². The molecule has 96 valence electrons. The van der Waals surface area contributed by atoms with Crippen LogP contribution in [0.25, 0.3) is 0 Å². The molecular formula is C14H24N2O. The number of benzene rings is 1. The zero-order valence-corrected chi connectivity index (χ0v) is 11.5. The fraction of sp³-hybridized carbons (Fsp3) is 0.571. The first-order chi connectivity index (χ1) is 7.81. The molecule has 1 aromatic carbocycles. The summed E-state index contributed by atoms with van der Waals surface area (Å²) in [6, 6.07) is 8.14. The minimum atomic E-state index is -0.337. The molecule has 1 aromatic rings. The molecule has 0 aromatic heterocycles. The first-order valence-electron chi connectivity index (χ1n) is 6.03. The first kappa shape index (κ1) is 14.0. The lowest BCUT2D eigenvalue weighted by Gasteiger charge is -2.32. The highest BCUT2D eigenvalue weighted by Gasteiger charge is 2.21. The summed E-state index contributed by atoms with van der Waals surface area (Å²) in [6.07, 6.45) is 0.998. The maximum atomic E-state index is 6.23. The van der Waals surface area contributed by atoms with E-state index in [2.05, 4.69) is 12.1 Å². The highest BCUT2D eigenvalue weighted by Crippen LogP contribution is 2.19. The quantitative estimate of drug-likeness (QED) is 0.797. The summed E-state index contributed by atoms with van der Waals surface area (Å²) in [5.74, 6) is 0.909. The zero-order chi connectivity index (χ0) is 13.1. The summed E-state index contributed by atoms with van der Waals surface area (Å²) in [6.45, 7) is 6.09. The molecule has 0 spiro atoms. The second-order valence-electron chi connectivity index (χ2n) is 5.24. The van der Waals surface area contributed by atoms with Gasteiger partial charge in [-0.1, -0.05) is 12.1 Å². The molecule has 0 aliphatic heterocycles. The predicted molar refractivity (Wildman–Crippen MR) is 72.2 cm³/mol. The fourth-order valence-corrected chi connectivity index (χ4v) is 1.57. The third-order valence-corrected chi connectivity index (χ3v) is 2.85. The van der Waals surface area contributed by atoms with Crippen molar-refractivity contribution < 1.29 is 4.74 Å². The van der Waals surface area contributed by atoms with Crippen molar-refractivity contribution in [3.8, 4) is 5.75 Å². The molecule has 0 bridgehead atoms. The van der Waals surface area contributed by atoms with Gasteiger partial charge in [0.2, 0.25) is 0 Å². The van der Waals surface area contributed by atoms with Gasteiger partial charge in [-0.3, -0.25) is 4.90 Å². The highest BCUT2D eigenvalue weighted by atomic mass is 16.5. The lowest BCUT2D eigenvalue weighted by atomic mass is 10.0. The number of rotatable bonds is 5. The SMILES string of the molecule is CC(C)Oc1cccc(CC(C)(N)N(C)C)c1. The molecule has 1 unspecified atom stereocenters. The molecule has 1 atom stereocenters. The van der Waals surface area contributed by atoms with Gasteiger partial charge < -0.3 is 10.5 Å². The zero-order valence-electron chi connectivity index (χ0n) is 11.5. The molecular weight excluding hydrogens is 212 g/mol. The van der Waals surface area contributed by atoms with Crippen LogP contribution in [-0.2, 0) is 6.42 Å². The van der Waals surface area contributed by atoms with Crippen molar-refractivity contribution in [3.05, 3.63) is 29.8 Å². The summed E-state index contributed by atoms with van der Waals surface area (Å²) < 4.78 is 5.68. The van der Waals surface area contributed by atoms with Gasteiger partial charge in [-0.25, -0.2) is 0 Å². The third-order valence-electron chi connectivity index (χ3n) is 2.85. The van der Waals surface area contributed by atoms with E-state index in [0.717, 1.165) is 12.2 Å². The normalized spacial score (nSPS) is 15.1. The lowest BCUT2D eigenvalue weighted by Crippen LogP contribution is -2.51. The van der Waals surface area contributed by atoms with Gasteiger partial charge in [-0.05, 0) is 52.6 Å². The largest absolute Gasteiger partial charge is 0.491 e. The molecule has 17 heavy (non-hydrogen) atoms. The summed E-state index contributed by atoms with van der Waals surface area (Å²) in [7, 11) is 3.99. The Labute approximate surface area is 105 Å². The summed E-state index contributed by atoms with van der Waals surface area (Å²) >= 11 is 0.